The van der Waals surface area contributed by atoms with Gasteiger partial charge in [0.1, 0.15) is 0 Å². The zero-order chi connectivity index (χ0) is 7.44. The summed E-state index contributed by atoms with van der Waals surface area (Å²) in [4.78, 5) is 10.8. The van der Waals surface area contributed by atoms with Crippen molar-refractivity contribution in [2.75, 3.05) is 5.75 Å². The average Bonchev–Trinajstić information content (AvgIpc) is 1.84. The molecule has 0 aliphatic heterocycles. The summed E-state index contributed by atoms with van der Waals surface area (Å²) < 4.78 is 0. The number of rotatable bonds is 3. The van der Waals surface area contributed by atoms with Gasteiger partial charge in [-0.3, -0.25) is 4.79 Å². The van der Waals surface area contributed by atoms with Crippen LogP contribution in [0.4, 0.5) is 0 Å². The molecule has 0 aromatic rings. The molecule has 2 atom stereocenters. The highest BCUT2D eigenvalue weighted by Gasteiger charge is 2.15. The fourth-order valence-electron chi connectivity index (χ4n) is 0.391. The van der Waals surface area contributed by atoms with Crippen molar-refractivity contribution in [3.63, 3.8) is 0 Å². The second kappa shape index (κ2) is 4.19. The smallest absolute Gasteiger partial charge is 0.163 e. The lowest BCUT2D eigenvalue weighted by molar-refractivity contribution is -0.119. The van der Waals surface area contributed by atoms with Gasteiger partial charge in [-0.05, 0) is 6.92 Å². The number of carbonyl (C=O) groups is 1. The highest BCUT2D eigenvalue weighted by atomic mass is 32.1. The predicted octanol–water partition coefficient (Wildman–Crippen LogP) is 0.399. The van der Waals surface area contributed by atoms with Crippen LogP contribution in [0.25, 0.3) is 0 Å². The Morgan fingerprint density at radius 1 is 1.89 bits per heavy atom. The van der Waals surface area contributed by atoms with Crippen molar-refractivity contribution in [2.24, 2.45) is 5.73 Å². The van der Waals surface area contributed by atoms with E-state index in [4.69, 9.17) is 5.73 Å². The molecule has 1 radical (unpaired) electrons. The van der Waals surface area contributed by atoms with Crippen LogP contribution in [0.15, 0.2) is 0 Å². The lowest BCUT2D eigenvalue weighted by atomic mass is 10.2. The summed E-state index contributed by atoms with van der Waals surface area (Å²) in [7, 11) is 0. The van der Waals surface area contributed by atoms with Crippen molar-refractivity contribution < 1.29 is 4.79 Å². The van der Waals surface area contributed by atoms with Crippen LogP contribution in [0.2, 0.25) is 0 Å². The van der Waals surface area contributed by atoms with Crippen LogP contribution < -0.4 is 5.73 Å². The zero-order valence-electron chi connectivity index (χ0n) is 5.20. The molecule has 2 nitrogen and oxygen atoms in total. The van der Waals surface area contributed by atoms with Gasteiger partial charge in [0, 0.05) is 5.75 Å². The minimum atomic E-state index is -0.485. The SMILES string of the molecule is CC([S])C(=O)[C@@H](N)CS. The number of carbonyl (C=O) groups excluding carboxylic acids is 1. The first-order valence-corrected chi connectivity index (χ1v) is 3.76. The molecule has 0 rings (SSSR count). The molecule has 0 fully saturated rings. The zero-order valence-corrected chi connectivity index (χ0v) is 6.91. The minimum absolute atomic E-state index is 0.0972. The molecule has 9 heavy (non-hydrogen) atoms. The number of ketones is 1. The molecule has 0 aliphatic carbocycles. The topological polar surface area (TPSA) is 43.1 Å². The van der Waals surface area contributed by atoms with E-state index >= 15 is 0 Å². The molecule has 53 valence electrons. The van der Waals surface area contributed by atoms with Crippen molar-refractivity contribution in [2.45, 2.75) is 18.2 Å². The third-order valence-electron chi connectivity index (χ3n) is 0.963. The number of nitrogens with two attached hydrogens (primary N) is 1. The Morgan fingerprint density at radius 3 is 2.44 bits per heavy atom. The van der Waals surface area contributed by atoms with Gasteiger partial charge in [-0.2, -0.15) is 12.6 Å². The second-order valence-corrected chi connectivity index (χ2v) is 2.91. The van der Waals surface area contributed by atoms with E-state index in [1.54, 1.807) is 6.92 Å². The van der Waals surface area contributed by atoms with Gasteiger partial charge in [0.2, 0.25) is 0 Å². The molecule has 0 saturated carbocycles. The molecule has 0 heterocycles. The molecule has 0 aromatic heterocycles. The van der Waals surface area contributed by atoms with E-state index in [0.29, 0.717) is 5.75 Å². The van der Waals surface area contributed by atoms with Crippen LogP contribution in [0.3, 0.4) is 0 Å². The minimum Gasteiger partial charge on any atom is -0.321 e. The molecule has 1 unspecified atom stereocenters. The van der Waals surface area contributed by atoms with Crippen molar-refractivity contribution in [1.82, 2.24) is 0 Å². The van der Waals surface area contributed by atoms with E-state index < -0.39 is 6.04 Å². The van der Waals surface area contributed by atoms with Gasteiger partial charge in [0.05, 0.1) is 11.3 Å². The number of thiol groups is 1. The Balaban J connectivity index is 3.73. The van der Waals surface area contributed by atoms with E-state index in [1.807, 2.05) is 0 Å². The predicted molar refractivity (Wildman–Crippen MR) is 43.9 cm³/mol. The van der Waals surface area contributed by atoms with E-state index in [-0.39, 0.29) is 11.0 Å². The van der Waals surface area contributed by atoms with Crippen molar-refractivity contribution in [3.05, 3.63) is 0 Å². The molecule has 0 bridgehead atoms. The molecular formula is C5H10NOS2. The monoisotopic (exact) mass is 164 g/mol. The summed E-state index contributed by atoms with van der Waals surface area (Å²) in [6.45, 7) is 1.65. The van der Waals surface area contributed by atoms with Crippen LogP contribution in [-0.2, 0) is 4.79 Å². The second-order valence-electron chi connectivity index (χ2n) is 1.83. The van der Waals surface area contributed by atoms with Gasteiger partial charge in [-0.15, -0.1) is 0 Å². The molecule has 0 amide bonds. The summed E-state index contributed by atoms with van der Waals surface area (Å²) in [5.74, 6) is 0.278. The Bertz CT molecular complexity index is 105. The van der Waals surface area contributed by atoms with Crippen LogP contribution in [0, 0.1) is 0 Å². The standard InChI is InChI=1S/C5H10NOS2/c1-3(9)5(7)4(6)2-8/h3-4,8H,2,6H2,1H3/t3?,4-/m0/s1. The van der Waals surface area contributed by atoms with Crippen LogP contribution >= 0.6 is 25.3 Å². The fourth-order valence-corrected chi connectivity index (χ4v) is 0.746. The quantitative estimate of drug-likeness (QED) is 0.593. The molecule has 0 spiro atoms. The van der Waals surface area contributed by atoms with Crippen LogP contribution in [0.5, 0.6) is 0 Å². The van der Waals surface area contributed by atoms with Gasteiger partial charge < -0.3 is 5.73 Å². The first kappa shape index (κ1) is 9.33. The van der Waals surface area contributed by atoms with E-state index in [1.165, 1.54) is 0 Å². The van der Waals surface area contributed by atoms with Crippen LogP contribution in [0.1, 0.15) is 6.92 Å². The maximum atomic E-state index is 10.8. The van der Waals surface area contributed by atoms with E-state index in [2.05, 4.69) is 25.3 Å². The Labute approximate surface area is 66.0 Å². The molecule has 2 N–H and O–H groups in total. The Kier molecular flexibility index (Phi) is 4.35. The van der Waals surface area contributed by atoms with Gasteiger partial charge >= 0.3 is 0 Å². The maximum absolute atomic E-state index is 10.8. The van der Waals surface area contributed by atoms with E-state index in [0.717, 1.165) is 0 Å². The van der Waals surface area contributed by atoms with Crippen molar-refractivity contribution >= 4 is 31.0 Å². The fraction of sp³-hybridized carbons (Fsp3) is 0.800. The summed E-state index contributed by atoms with van der Waals surface area (Å²) >= 11 is 8.54. The number of Topliss-reactive ketones (excluding diaryl/α,β-unsaturated/α-hetero) is 1. The lowest BCUT2D eigenvalue weighted by Gasteiger charge is -2.07. The van der Waals surface area contributed by atoms with Crippen LogP contribution in [-0.4, -0.2) is 22.8 Å². The first-order valence-electron chi connectivity index (χ1n) is 2.65. The molecule has 0 aliphatic rings. The third kappa shape index (κ3) is 3.13. The van der Waals surface area contributed by atoms with Crippen molar-refractivity contribution in [1.29, 1.82) is 0 Å². The normalized spacial score (nSPS) is 16.9. The van der Waals surface area contributed by atoms with Gasteiger partial charge in [-0.25, -0.2) is 0 Å². The molecular weight excluding hydrogens is 154 g/mol. The maximum Gasteiger partial charge on any atom is 0.163 e. The largest absolute Gasteiger partial charge is 0.321 e. The lowest BCUT2D eigenvalue weighted by Crippen LogP contribution is -2.36. The molecule has 0 saturated heterocycles. The molecule has 0 aromatic carbocycles. The summed E-state index contributed by atoms with van der Waals surface area (Å²) in [6, 6.07) is -0.485. The van der Waals surface area contributed by atoms with Gasteiger partial charge in [0.15, 0.2) is 5.78 Å². The number of hydrogen-bond donors (Lipinski definition) is 2. The third-order valence-corrected chi connectivity index (χ3v) is 1.59. The van der Waals surface area contributed by atoms with Gasteiger partial charge in [0.25, 0.3) is 0 Å². The Morgan fingerprint density at radius 2 is 2.33 bits per heavy atom. The Hall–Kier alpha value is 0.330. The average molecular weight is 164 g/mol. The number of hydrogen-bond acceptors (Lipinski definition) is 3. The van der Waals surface area contributed by atoms with Crippen molar-refractivity contribution in [3.8, 4) is 0 Å². The summed E-state index contributed by atoms with van der Waals surface area (Å²) in [5, 5.41) is -0.382. The highest BCUT2D eigenvalue weighted by molar-refractivity contribution is 7.82. The molecule has 4 heteroatoms. The summed E-state index contributed by atoms with van der Waals surface area (Å²) in [5.41, 5.74) is 5.32. The first-order chi connectivity index (χ1) is 4.09. The van der Waals surface area contributed by atoms with E-state index in [9.17, 15) is 4.79 Å². The highest BCUT2D eigenvalue weighted by Crippen LogP contribution is 1.98. The van der Waals surface area contributed by atoms with Gasteiger partial charge in [-0.1, -0.05) is 12.6 Å². The summed E-state index contributed by atoms with van der Waals surface area (Å²) in [6.07, 6.45) is 0.